The van der Waals surface area contributed by atoms with Crippen molar-refractivity contribution in [3.63, 3.8) is 0 Å². The van der Waals surface area contributed by atoms with Gasteiger partial charge in [0.25, 0.3) is 0 Å². The second kappa shape index (κ2) is 6.90. The van der Waals surface area contributed by atoms with Gasteiger partial charge in [0.2, 0.25) is 0 Å². The van der Waals surface area contributed by atoms with Gasteiger partial charge >= 0.3 is 0 Å². The lowest BCUT2D eigenvalue weighted by Gasteiger charge is -2.13. The summed E-state index contributed by atoms with van der Waals surface area (Å²) in [5.74, 6) is -0.386. The SMILES string of the molecule is CCc1nn(CC)c(CC(O)c2cc(F)cc(Br)c2)c1Cl. The topological polar surface area (TPSA) is 38.0 Å². The first-order chi connectivity index (χ1) is 9.96. The van der Waals surface area contributed by atoms with Crippen molar-refractivity contribution < 1.29 is 9.50 Å². The van der Waals surface area contributed by atoms with E-state index in [0.29, 0.717) is 28.0 Å². The largest absolute Gasteiger partial charge is 0.388 e. The molecule has 1 aromatic heterocycles. The van der Waals surface area contributed by atoms with Gasteiger partial charge in [-0.2, -0.15) is 5.10 Å². The Labute approximate surface area is 136 Å². The highest BCUT2D eigenvalue weighted by Crippen LogP contribution is 2.28. The predicted octanol–water partition coefficient (Wildman–Crippen LogP) is 4.30. The van der Waals surface area contributed by atoms with Crippen molar-refractivity contribution >= 4 is 27.5 Å². The number of nitrogens with zero attached hydrogens (tertiary/aromatic N) is 2. The maximum Gasteiger partial charge on any atom is 0.124 e. The number of halogens is 3. The summed E-state index contributed by atoms with van der Waals surface area (Å²) in [6.45, 7) is 4.63. The molecule has 0 aliphatic heterocycles. The van der Waals surface area contributed by atoms with Crippen molar-refractivity contribution in [1.29, 1.82) is 0 Å². The summed E-state index contributed by atoms with van der Waals surface area (Å²) < 4.78 is 15.8. The lowest BCUT2D eigenvalue weighted by Crippen LogP contribution is -2.09. The summed E-state index contributed by atoms with van der Waals surface area (Å²) in [4.78, 5) is 0. The molecule has 0 bridgehead atoms. The van der Waals surface area contributed by atoms with E-state index in [1.165, 1.54) is 12.1 Å². The minimum Gasteiger partial charge on any atom is -0.388 e. The molecule has 2 aromatic rings. The highest BCUT2D eigenvalue weighted by molar-refractivity contribution is 9.10. The van der Waals surface area contributed by atoms with Crippen molar-refractivity contribution in [3.05, 3.63) is 50.5 Å². The molecular weight excluding hydrogens is 359 g/mol. The van der Waals surface area contributed by atoms with E-state index in [0.717, 1.165) is 17.8 Å². The van der Waals surface area contributed by atoms with E-state index in [9.17, 15) is 9.50 Å². The second-order valence-corrected chi connectivity index (χ2v) is 6.09. The molecule has 0 saturated carbocycles. The molecular formula is C15H17BrClFN2O. The molecule has 0 spiro atoms. The molecule has 1 unspecified atom stereocenters. The van der Waals surface area contributed by atoms with Crippen LogP contribution in [0.1, 0.15) is 36.9 Å². The highest BCUT2D eigenvalue weighted by atomic mass is 79.9. The molecule has 1 heterocycles. The van der Waals surface area contributed by atoms with E-state index in [2.05, 4.69) is 21.0 Å². The van der Waals surface area contributed by atoms with Crippen molar-refractivity contribution in [2.45, 2.75) is 39.3 Å². The van der Waals surface area contributed by atoms with Crippen LogP contribution in [0.25, 0.3) is 0 Å². The van der Waals surface area contributed by atoms with Gasteiger partial charge in [0.15, 0.2) is 0 Å². The lowest BCUT2D eigenvalue weighted by atomic mass is 10.0. The monoisotopic (exact) mass is 374 g/mol. The van der Waals surface area contributed by atoms with Crippen LogP contribution in [0.4, 0.5) is 4.39 Å². The van der Waals surface area contributed by atoms with Gasteiger partial charge in [-0.3, -0.25) is 4.68 Å². The number of aliphatic hydroxyl groups is 1. The van der Waals surface area contributed by atoms with Crippen molar-refractivity contribution in [1.82, 2.24) is 9.78 Å². The summed E-state index contributed by atoms with van der Waals surface area (Å²) in [7, 11) is 0. The molecule has 1 aromatic carbocycles. The fourth-order valence-electron chi connectivity index (χ4n) is 2.28. The van der Waals surface area contributed by atoms with E-state index in [4.69, 9.17) is 11.6 Å². The van der Waals surface area contributed by atoms with Crippen LogP contribution in [0.5, 0.6) is 0 Å². The molecule has 2 rings (SSSR count). The standard InChI is InChI=1S/C15H17BrClFN2O/c1-3-12-15(17)13(20(4-2)19-12)8-14(21)9-5-10(16)7-11(18)6-9/h5-7,14,21H,3-4,8H2,1-2H3. The molecule has 0 saturated heterocycles. The van der Waals surface area contributed by atoms with Crippen LogP contribution in [0, 0.1) is 5.82 Å². The maximum absolute atomic E-state index is 13.4. The van der Waals surface area contributed by atoms with E-state index in [1.807, 2.05) is 13.8 Å². The van der Waals surface area contributed by atoms with E-state index >= 15 is 0 Å². The van der Waals surface area contributed by atoms with Gasteiger partial charge in [0.1, 0.15) is 5.82 Å². The molecule has 0 aliphatic rings. The number of aryl methyl sites for hydroxylation is 2. The molecule has 0 amide bonds. The average Bonchev–Trinajstić information content (AvgIpc) is 2.74. The molecule has 6 heteroatoms. The Morgan fingerprint density at radius 1 is 1.38 bits per heavy atom. The summed E-state index contributed by atoms with van der Waals surface area (Å²) >= 11 is 9.55. The fraction of sp³-hybridized carbons (Fsp3) is 0.400. The first-order valence-corrected chi connectivity index (χ1v) is 8.01. The molecule has 0 aliphatic carbocycles. The van der Waals surface area contributed by atoms with Crippen LogP contribution in [-0.4, -0.2) is 14.9 Å². The Morgan fingerprint density at radius 2 is 2.10 bits per heavy atom. The summed E-state index contributed by atoms with van der Waals surface area (Å²) in [6, 6.07) is 4.39. The van der Waals surface area contributed by atoms with Gasteiger partial charge in [-0.15, -0.1) is 0 Å². The van der Waals surface area contributed by atoms with Crippen LogP contribution in [0.3, 0.4) is 0 Å². The number of aromatic nitrogens is 2. The molecule has 114 valence electrons. The van der Waals surface area contributed by atoms with E-state index in [1.54, 1.807) is 10.7 Å². The Kier molecular flexibility index (Phi) is 5.41. The van der Waals surface area contributed by atoms with Crippen molar-refractivity contribution in [3.8, 4) is 0 Å². The first-order valence-electron chi connectivity index (χ1n) is 6.84. The van der Waals surface area contributed by atoms with Crippen LogP contribution < -0.4 is 0 Å². The third kappa shape index (κ3) is 3.65. The molecule has 0 fully saturated rings. The normalized spacial score (nSPS) is 12.7. The first kappa shape index (κ1) is 16.5. The quantitative estimate of drug-likeness (QED) is 0.846. The summed E-state index contributed by atoms with van der Waals surface area (Å²) in [5.41, 5.74) is 2.12. The third-order valence-electron chi connectivity index (χ3n) is 3.35. The minimum absolute atomic E-state index is 0.301. The zero-order valence-corrected chi connectivity index (χ0v) is 14.2. The van der Waals surface area contributed by atoms with Gasteiger partial charge in [-0.25, -0.2) is 4.39 Å². The summed E-state index contributed by atoms with van der Waals surface area (Å²) in [5, 5.41) is 15.4. The molecule has 1 atom stereocenters. The van der Waals surface area contributed by atoms with Gasteiger partial charge < -0.3 is 5.11 Å². The minimum atomic E-state index is -0.832. The zero-order chi connectivity index (χ0) is 15.6. The number of benzene rings is 1. The fourth-order valence-corrected chi connectivity index (χ4v) is 3.11. The smallest absolute Gasteiger partial charge is 0.124 e. The Balaban J connectivity index is 2.30. The van der Waals surface area contributed by atoms with Crippen LogP contribution in [0.2, 0.25) is 5.02 Å². The molecule has 1 N–H and O–H groups in total. The maximum atomic E-state index is 13.4. The van der Waals surface area contributed by atoms with E-state index in [-0.39, 0.29) is 5.82 Å². The third-order valence-corrected chi connectivity index (χ3v) is 4.24. The van der Waals surface area contributed by atoms with Crippen LogP contribution in [0.15, 0.2) is 22.7 Å². The van der Waals surface area contributed by atoms with Gasteiger partial charge in [-0.1, -0.05) is 34.5 Å². The molecule has 0 radical (unpaired) electrons. The average molecular weight is 376 g/mol. The summed E-state index contributed by atoms with van der Waals surface area (Å²) in [6.07, 6.45) is 0.205. The van der Waals surface area contributed by atoms with Crippen molar-refractivity contribution in [2.24, 2.45) is 0 Å². The Hall–Kier alpha value is -0.910. The molecule has 3 nitrogen and oxygen atoms in total. The van der Waals surface area contributed by atoms with Gasteiger partial charge in [-0.05, 0) is 37.1 Å². The van der Waals surface area contributed by atoms with Gasteiger partial charge in [0.05, 0.1) is 22.5 Å². The van der Waals surface area contributed by atoms with Crippen molar-refractivity contribution in [2.75, 3.05) is 0 Å². The Morgan fingerprint density at radius 3 is 2.67 bits per heavy atom. The number of hydrogen-bond donors (Lipinski definition) is 1. The molecule has 21 heavy (non-hydrogen) atoms. The second-order valence-electron chi connectivity index (χ2n) is 4.80. The van der Waals surface area contributed by atoms with Crippen LogP contribution in [-0.2, 0) is 19.4 Å². The lowest BCUT2D eigenvalue weighted by molar-refractivity contribution is 0.175. The highest BCUT2D eigenvalue weighted by Gasteiger charge is 2.19. The number of hydrogen-bond acceptors (Lipinski definition) is 2. The van der Waals surface area contributed by atoms with Gasteiger partial charge in [0, 0.05) is 17.4 Å². The number of rotatable bonds is 5. The van der Waals surface area contributed by atoms with Crippen LogP contribution >= 0.6 is 27.5 Å². The zero-order valence-electron chi connectivity index (χ0n) is 11.9. The predicted molar refractivity (Wildman–Crippen MR) is 85.1 cm³/mol. The number of aliphatic hydroxyl groups excluding tert-OH is 1. The Bertz CT molecular complexity index is 625. The van der Waals surface area contributed by atoms with E-state index < -0.39 is 6.10 Å².